The highest BCUT2D eigenvalue weighted by Gasteiger charge is 2.24. The average Bonchev–Trinajstić information content (AvgIpc) is 2.79. The highest BCUT2D eigenvalue weighted by molar-refractivity contribution is 5.92. The lowest BCUT2D eigenvalue weighted by Gasteiger charge is -2.34. The highest BCUT2D eigenvalue weighted by Crippen LogP contribution is 2.32. The van der Waals surface area contributed by atoms with Crippen LogP contribution >= 0.6 is 0 Å². The van der Waals surface area contributed by atoms with Gasteiger partial charge in [-0.15, -0.1) is 0 Å². The zero-order valence-electron chi connectivity index (χ0n) is 17.6. The molecule has 2 aromatic carbocycles. The van der Waals surface area contributed by atoms with Gasteiger partial charge in [-0.25, -0.2) is 4.39 Å². The number of pyridine rings is 1. The van der Waals surface area contributed by atoms with E-state index in [1.165, 1.54) is 12.1 Å². The summed E-state index contributed by atoms with van der Waals surface area (Å²) < 4.78 is 19.5. The van der Waals surface area contributed by atoms with Crippen molar-refractivity contribution in [2.45, 2.75) is 25.5 Å². The van der Waals surface area contributed by atoms with Crippen molar-refractivity contribution in [3.63, 3.8) is 0 Å². The largest absolute Gasteiger partial charge is 0.375 e. The van der Waals surface area contributed by atoms with Gasteiger partial charge in [0.15, 0.2) is 0 Å². The molecule has 3 aromatic rings. The van der Waals surface area contributed by atoms with E-state index in [9.17, 15) is 4.39 Å². The average molecular weight is 416 g/mol. The lowest BCUT2D eigenvalue weighted by Crippen LogP contribution is -2.35. The Morgan fingerprint density at radius 2 is 1.81 bits per heavy atom. The van der Waals surface area contributed by atoms with E-state index in [1.54, 1.807) is 18.5 Å². The van der Waals surface area contributed by atoms with Crippen LogP contribution in [-0.4, -0.2) is 35.8 Å². The first-order chi connectivity index (χ1) is 15.2. The maximum atomic E-state index is 13.5. The molecule has 1 aromatic heterocycles. The van der Waals surface area contributed by atoms with Crippen molar-refractivity contribution < 1.29 is 9.13 Å². The molecule has 0 saturated heterocycles. The summed E-state index contributed by atoms with van der Waals surface area (Å²) in [7, 11) is 2.09. The summed E-state index contributed by atoms with van der Waals surface area (Å²) in [6, 6.07) is 21.0. The minimum Gasteiger partial charge on any atom is -0.375 e. The van der Waals surface area contributed by atoms with E-state index in [0.29, 0.717) is 13.2 Å². The summed E-state index contributed by atoms with van der Waals surface area (Å²) in [5.74, 6) is -0.240. The minimum atomic E-state index is -0.240. The fourth-order valence-corrected chi connectivity index (χ4v) is 3.82. The number of hydrogen-bond acceptors (Lipinski definition) is 4. The first-order valence-corrected chi connectivity index (χ1v) is 10.5. The zero-order chi connectivity index (χ0) is 21.5. The van der Waals surface area contributed by atoms with Crippen LogP contribution in [-0.2, 0) is 11.3 Å². The summed E-state index contributed by atoms with van der Waals surface area (Å²) in [6.45, 7) is 0.924. The monoisotopic (exact) mass is 415 g/mol. The standard InChI is InChI=1S/C26H26FN3O/c1-30-24(19-31-18-20-7-5-10-23(27)17-20)11-6-14-29-25(21-8-3-2-4-9-21)26(30)22-12-15-28-16-13-22/h2-5,7-10,12-17,24H,6,11,18-19H2,1H3/b26-25-,29-14?/t24-/m0/s1. The van der Waals surface area contributed by atoms with Crippen LogP contribution in [0.1, 0.15) is 29.5 Å². The van der Waals surface area contributed by atoms with Crippen molar-refractivity contribution in [2.75, 3.05) is 13.7 Å². The van der Waals surface area contributed by atoms with E-state index < -0.39 is 0 Å². The molecule has 0 bridgehead atoms. The van der Waals surface area contributed by atoms with Crippen LogP contribution in [0.25, 0.3) is 11.4 Å². The summed E-state index contributed by atoms with van der Waals surface area (Å²) in [6.07, 6.45) is 7.38. The van der Waals surface area contributed by atoms with Crippen LogP contribution in [0.3, 0.4) is 0 Å². The topological polar surface area (TPSA) is 37.7 Å². The molecule has 1 aliphatic heterocycles. The molecule has 1 atom stereocenters. The molecule has 0 fully saturated rings. The van der Waals surface area contributed by atoms with Crippen LogP contribution in [0.2, 0.25) is 0 Å². The van der Waals surface area contributed by atoms with Gasteiger partial charge in [0.25, 0.3) is 0 Å². The van der Waals surface area contributed by atoms with Gasteiger partial charge in [0.2, 0.25) is 0 Å². The van der Waals surface area contributed by atoms with E-state index in [4.69, 9.17) is 9.73 Å². The van der Waals surface area contributed by atoms with Crippen LogP contribution in [0.15, 0.2) is 84.1 Å². The second-order valence-electron chi connectivity index (χ2n) is 7.60. The second-order valence-corrected chi connectivity index (χ2v) is 7.60. The number of rotatable bonds is 6. The molecule has 0 spiro atoms. The number of benzene rings is 2. The second kappa shape index (κ2) is 10.1. The number of likely N-dealkylation sites (N-methyl/N-ethyl adjacent to an activating group) is 1. The summed E-state index contributed by atoms with van der Waals surface area (Å²) in [5, 5.41) is 0. The number of aromatic nitrogens is 1. The quantitative estimate of drug-likeness (QED) is 0.539. The Morgan fingerprint density at radius 3 is 2.58 bits per heavy atom. The molecule has 0 N–H and O–H groups in total. The molecule has 4 rings (SSSR count). The van der Waals surface area contributed by atoms with Gasteiger partial charge in [0.1, 0.15) is 5.82 Å². The highest BCUT2D eigenvalue weighted by atomic mass is 19.1. The molecule has 5 heteroatoms. The van der Waals surface area contributed by atoms with Gasteiger partial charge in [0.05, 0.1) is 30.6 Å². The number of nitrogens with zero attached hydrogens (tertiary/aromatic N) is 3. The SMILES string of the molecule is CN1/C(c2ccncc2)=C(/c2ccccc2)N=CCC[C@H]1COCc1cccc(F)c1. The number of halogens is 1. The minimum absolute atomic E-state index is 0.155. The molecule has 0 unspecified atom stereocenters. The van der Waals surface area contributed by atoms with E-state index in [-0.39, 0.29) is 11.9 Å². The molecular weight excluding hydrogens is 389 g/mol. The summed E-state index contributed by atoms with van der Waals surface area (Å²) >= 11 is 0. The predicted molar refractivity (Wildman–Crippen MR) is 123 cm³/mol. The van der Waals surface area contributed by atoms with Crippen molar-refractivity contribution >= 4 is 17.6 Å². The van der Waals surface area contributed by atoms with Crippen LogP contribution < -0.4 is 0 Å². The van der Waals surface area contributed by atoms with Crippen LogP contribution in [0.4, 0.5) is 4.39 Å². The normalized spacial score (nSPS) is 19.2. The Labute approximate surface area is 182 Å². The first-order valence-electron chi connectivity index (χ1n) is 10.5. The number of ether oxygens (including phenoxy) is 1. The zero-order valence-corrected chi connectivity index (χ0v) is 17.6. The third-order valence-corrected chi connectivity index (χ3v) is 5.44. The van der Waals surface area contributed by atoms with Crippen molar-refractivity contribution in [1.29, 1.82) is 0 Å². The Hall–Kier alpha value is -3.31. The van der Waals surface area contributed by atoms with Crippen LogP contribution in [0, 0.1) is 5.82 Å². The van der Waals surface area contributed by atoms with E-state index >= 15 is 0 Å². The lowest BCUT2D eigenvalue weighted by molar-refractivity contribution is 0.0747. The Morgan fingerprint density at radius 1 is 1.00 bits per heavy atom. The van der Waals surface area contributed by atoms with Crippen molar-refractivity contribution in [3.05, 3.63) is 102 Å². The van der Waals surface area contributed by atoms with Gasteiger partial charge >= 0.3 is 0 Å². The molecule has 0 amide bonds. The van der Waals surface area contributed by atoms with Crippen LogP contribution in [0.5, 0.6) is 0 Å². The van der Waals surface area contributed by atoms with Gasteiger partial charge in [-0.05, 0) is 42.7 Å². The third-order valence-electron chi connectivity index (χ3n) is 5.44. The molecule has 31 heavy (non-hydrogen) atoms. The Kier molecular flexibility index (Phi) is 6.85. The maximum Gasteiger partial charge on any atom is 0.123 e. The molecule has 158 valence electrons. The molecule has 1 aliphatic rings. The van der Waals surface area contributed by atoms with Gasteiger partial charge in [-0.1, -0.05) is 42.5 Å². The fourth-order valence-electron chi connectivity index (χ4n) is 3.82. The Balaban J connectivity index is 1.63. The lowest BCUT2D eigenvalue weighted by atomic mass is 10.0. The number of hydrogen-bond donors (Lipinski definition) is 0. The van der Waals surface area contributed by atoms with E-state index in [2.05, 4.69) is 29.1 Å². The van der Waals surface area contributed by atoms with Crippen molar-refractivity contribution in [2.24, 2.45) is 4.99 Å². The van der Waals surface area contributed by atoms with E-state index in [1.807, 2.05) is 42.6 Å². The van der Waals surface area contributed by atoms with E-state index in [0.717, 1.165) is 40.9 Å². The molecule has 4 nitrogen and oxygen atoms in total. The predicted octanol–water partition coefficient (Wildman–Crippen LogP) is 5.43. The van der Waals surface area contributed by atoms with Gasteiger partial charge in [0, 0.05) is 36.8 Å². The maximum absolute atomic E-state index is 13.5. The van der Waals surface area contributed by atoms with Crippen molar-refractivity contribution in [1.82, 2.24) is 9.88 Å². The van der Waals surface area contributed by atoms with Gasteiger partial charge in [-0.3, -0.25) is 9.98 Å². The smallest absolute Gasteiger partial charge is 0.123 e. The summed E-state index contributed by atoms with van der Waals surface area (Å²) in [4.78, 5) is 11.3. The summed E-state index contributed by atoms with van der Waals surface area (Å²) in [5.41, 5.74) is 4.95. The fraction of sp³-hybridized carbons (Fsp3) is 0.231. The molecule has 2 heterocycles. The number of aliphatic imine (C=N–C) groups is 1. The first kappa shape index (κ1) is 20.9. The molecular formula is C26H26FN3O. The molecule has 0 aliphatic carbocycles. The molecule has 0 radical (unpaired) electrons. The molecule has 0 saturated carbocycles. The Bertz CT molecular complexity index is 1050. The van der Waals surface area contributed by atoms with Gasteiger partial charge < -0.3 is 9.64 Å². The van der Waals surface area contributed by atoms with Gasteiger partial charge in [-0.2, -0.15) is 0 Å². The third kappa shape index (κ3) is 5.25. The van der Waals surface area contributed by atoms with Crippen molar-refractivity contribution in [3.8, 4) is 0 Å².